The summed E-state index contributed by atoms with van der Waals surface area (Å²) in [6.45, 7) is 4.09. The molecule has 1 aromatic heterocycles. The Labute approximate surface area is 143 Å². The molecule has 0 saturated heterocycles. The predicted molar refractivity (Wildman–Crippen MR) is 93.2 cm³/mol. The summed E-state index contributed by atoms with van der Waals surface area (Å²) >= 11 is 0. The maximum Gasteiger partial charge on any atom is 0.255 e. The van der Waals surface area contributed by atoms with Gasteiger partial charge in [-0.15, -0.1) is 0 Å². The number of nitrogens with one attached hydrogen (secondary N) is 1. The number of carbonyl (C=O) groups is 1. The fourth-order valence-corrected chi connectivity index (χ4v) is 3.41. The van der Waals surface area contributed by atoms with Gasteiger partial charge in [-0.3, -0.25) is 9.48 Å². The molecule has 0 atom stereocenters. The monoisotopic (exact) mass is 327 g/mol. The molecule has 0 unspecified atom stereocenters. The van der Waals surface area contributed by atoms with Gasteiger partial charge in [-0.25, -0.2) is 0 Å². The van der Waals surface area contributed by atoms with E-state index in [4.69, 9.17) is 4.74 Å². The molecule has 1 aliphatic rings. The molecule has 1 N–H and O–H groups in total. The molecule has 1 amide bonds. The molecule has 1 saturated carbocycles. The fourth-order valence-electron chi connectivity index (χ4n) is 3.41. The standard InChI is InChI=1S/C19H25N3O2/c1-14(2)22-13-15(12-20-22)18(23)21-19(9-4-5-10-19)16-7-6-8-17(11-16)24-3/h6-8,11-14H,4-5,9-10H2,1-3H3,(H,21,23). The maximum absolute atomic E-state index is 12.8. The third-order valence-electron chi connectivity index (χ3n) is 4.83. The van der Waals surface area contributed by atoms with Gasteiger partial charge in [0.05, 0.1) is 24.4 Å². The largest absolute Gasteiger partial charge is 0.497 e. The first-order valence-electron chi connectivity index (χ1n) is 8.55. The van der Waals surface area contributed by atoms with Crippen molar-refractivity contribution in [3.05, 3.63) is 47.8 Å². The highest BCUT2D eigenvalue weighted by molar-refractivity contribution is 5.94. The average molecular weight is 327 g/mol. The van der Waals surface area contributed by atoms with Crippen molar-refractivity contribution in [2.75, 3.05) is 7.11 Å². The van der Waals surface area contributed by atoms with E-state index in [1.54, 1.807) is 13.3 Å². The Kier molecular flexibility index (Phi) is 4.60. The van der Waals surface area contributed by atoms with E-state index < -0.39 is 0 Å². The molecule has 1 aromatic carbocycles. The molecule has 0 aliphatic heterocycles. The van der Waals surface area contributed by atoms with Crippen LogP contribution >= 0.6 is 0 Å². The first-order chi connectivity index (χ1) is 11.5. The van der Waals surface area contributed by atoms with Crippen molar-refractivity contribution < 1.29 is 9.53 Å². The summed E-state index contributed by atoms with van der Waals surface area (Å²) in [5, 5.41) is 7.55. The minimum Gasteiger partial charge on any atom is -0.497 e. The van der Waals surface area contributed by atoms with Crippen molar-refractivity contribution in [2.24, 2.45) is 0 Å². The van der Waals surface area contributed by atoms with E-state index in [-0.39, 0.29) is 17.5 Å². The minimum atomic E-state index is -0.314. The second-order valence-corrected chi connectivity index (χ2v) is 6.78. The van der Waals surface area contributed by atoms with Gasteiger partial charge in [0, 0.05) is 12.2 Å². The van der Waals surface area contributed by atoms with Crippen molar-refractivity contribution in [2.45, 2.75) is 51.1 Å². The van der Waals surface area contributed by atoms with Crippen LogP contribution in [0.2, 0.25) is 0 Å². The van der Waals surface area contributed by atoms with Gasteiger partial charge in [-0.05, 0) is 44.4 Å². The van der Waals surface area contributed by atoms with Gasteiger partial charge in [0.15, 0.2) is 0 Å². The molecule has 0 radical (unpaired) electrons. The van der Waals surface area contributed by atoms with E-state index in [0.29, 0.717) is 5.56 Å². The predicted octanol–water partition coefficient (Wildman–Crippen LogP) is 3.67. The molecule has 1 aliphatic carbocycles. The second kappa shape index (κ2) is 6.67. The highest BCUT2D eigenvalue weighted by Crippen LogP contribution is 2.40. The zero-order valence-electron chi connectivity index (χ0n) is 14.6. The van der Waals surface area contributed by atoms with Gasteiger partial charge in [0.1, 0.15) is 5.75 Å². The number of methoxy groups -OCH3 is 1. The Morgan fingerprint density at radius 2 is 2.08 bits per heavy atom. The zero-order valence-corrected chi connectivity index (χ0v) is 14.6. The van der Waals surface area contributed by atoms with Gasteiger partial charge < -0.3 is 10.1 Å². The molecule has 0 bridgehead atoms. The van der Waals surface area contributed by atoms with Crippen LogP contribution in [-0.4, -0.2) is 22.8 Å². The number of nitrogens with zero attached hydrogens (tertiary/aromatic N) is 2. The Bertz CT molecular complexity index is 715. The van der Waals surface area contributed by atoms with Crippen LogP contribution in [0.25, 0.3) is 0 Å². The zero-order chi connectivity index (χ0) is 17.2. The van der Waals surface area contributed by atoms with E-state index in [1.807, 2.05) is 42.9 Å². The first-order valence-corrected chi connectivity index (χ1v) is 8.55. The van der Waals surface area contributed by atoms with Crippen molar-refractivity contribution in [1.29, 1.82) is 0 Å². The topological polar surface area (TPSA) is 56.1 Å². The van der Waals surface area contributed by atoms with Crippen LogP contribution in [0.15, 0.2) is 36.7 Å². The van der Waals surface area contributed by atoms with Crippen molar-refractivity contribution in [3.8, 4) is 5.75 Å². The van der Waals surface area contributed by atoms with E-state index >= 15 is 0 Å². The Hall–Kier alpha value is -2.30. The van der Waals surface area contributed by atoms with Crippen LogP contribution in [0, 0.1) is 0 Å². The Morgan fingerprint density at radius 3 is 2.71 bits per heavy atom. The van der Waals surface area contributed by atoms with Gasteiger partial charge in [0.25, 0.3) is 5.91 Å². The van der Waals surface area contributed by atoms with Crippen molar-refractivity contribution in [1.82, 2.24) is 15.1 Å². The summed E-state index contributed by atoms with van der Waals surface area (Å²) < 4.78 is 7.16. The van der Waals surface area contributed by atoms with Crippen LogP contribution in [0.5, 0.6) is 5.75 Å². The number of rotatable bonds is 5. The van der Waals surface area contributed by atoms with Crippen LogP contribution in [0.3, 0.4) is 0 Å². The van der Waals surface area contributed by atoms with E-state index in [9.17, 15) is 4.79 Å². The molecular weight excluding hydrogens is 302 g/mol. The molecule has 2 aromatic rings. The van der Waals surface area contributed by atoms with E-state index in [0.717, 1.165) is 37.0 Å². The van der Waals surface area contributed by atoms with Gasteiger partial charge in [-0.1, -0.05) is 25.0 Å². The number of amides is 1. The number of carbonyl (C=O) groups excluding carboxylic acids is 1. The summed E-state index contributed by atoms with van der Waals surface area (Å²) in [6.07, 6.45) is 7.58. The molecule has 5 nitrogen and oxygen atoms in total. The maximum atomic E-state index is 12.8. The normalized spacial score (nSPS) is 16.3. The molecule has 3 rings (SSSR count). The lowest BCUT2D eigenvalue weighted by Gasteiger charge is -2.31. The number of hydrogen-bond donors (Lipinski definition) is 1. The third-order valence-corrected chi connectivity index (χ3v) is 4.83. The average Bonchev–Trinajstić information content (AvgIpc) is 3.25. The first kappa shape index (κ1) is 16.6. The summed E-state index contributed by atoms with van der Waals surface area (Å²) in [5.74, 6) is 0.757. The Morgan fingerprint density at radius 1 is 1.33 bits per heavy atom. The number of aromatic nitrogens is 2. The number of benzene rings is 1. The molecular formula is C19H25N3O2. The van der Waals surface area contributed by atoms with Gasteiger partial charge in [-0.2, -0.15) is 5.10 Å². The number of hydrogen-bond acceptors (Lipinski definition) is 3. The highest BCUT2D eigenvalue weighted by Gasteiger charge is 2.37. The molecule has 24 heavy (non-hydrogen) atoms. The van der Waals surface area contributed by atoms with Crippen LogP contribution in [0.4, 0.5) is 0 Å². The second-order valence-electron chi connectivity index (χ2n) is 6.78. The van der Waals surface area contributed by atoms with Crippen molar-refractivity contribution >= 4 is 5.91 Å². The summed E-state index contributed by atoms with van der Waals surface area (Å²) in [6, 6.07) is 8.26. The molecule has 128 valence electrons. The SMILES string of the molecule is COc1cccc(C2(NC(=O)c3cnn(C(C)C)c3)CCCC2)c1. The lowest BCUT2D eigenvalue weighted by atomic mass is 9.87. The van der Waals surface area contributed by atoms with E-state index in [1.165, 1.54) is 0 Å². The molecule has 0 spiro atoms. The summed E-state index contributed by atoms with van der Waals surface area (Å²) in [7, 11) is 1.67. The minimum absolute atomic E-state index is 0.0633. The van der Waals surface area contributed by atoms with Crippen LogP contribution < -0.4 is 10.1 Å². The quantitative estimate of drug-likeness (QED) is 0.911. The van der Waals surface area contributed by atoms with Gasteiger partial charge >= 0.3 is 0 Å². The Balaban J connectivity index is 1.86. The van der Waals surface area contributed by atoms with Crippen molar-refractivity contribution in [3.63, 3.8) is 0 Å². The van der Waals surface area contributed by atoms with Gasteiger partial charge in [0.2, 0.25) is 0 Å². The summed E-state index contributed by atoms with van der Waals surface area (Å²) in [4.78, 5) is 12.8. The lowest BCUT2D eigenvalue weighted by molar-refractivity contribution is 0.0898. The fraction of sp³-hybridized carbons (Fsp3) is 0.474. The molecule has 1 fully saturated rings. The molecule has 1 heterocycles. The lowest BCUT2D eigenvalue weighted by Crippen LogP contribution is -2.43. The van der Waals surface area contributed by atoms with Crippen LogP contribution in [0.1, 0.15) is 61.5 Å². The third kappa shape index (κ3) is 3.16. The van der Waals surface area contributed by atoms with Crippen LogP contribution in [-0.2, 0) is 5.54 Å². The summed E-state index contributed by atoms with van der Waals surface area (Å²) in [5.41, 5.74) is 1.41. The smallest absolute Gasteiger partial charge is 0.255 e. The number of ether oxygens (including phenoxy) is 1. The highest BCUT2D eigenvalue weighted by atomic mass is 16.5. The van der Waals surface area contributed by atoms with E-state index in [2.05, 4.69) is 16.5 Å². The molecule has 5 heteroatoms.